The van der Waals surface area contributed by atoms with E-state index in [2.05, 4.69) is 17.2 Å². The fourth-order valence-electron chi connectivity index (χ4n) is 5.66. The first-order valence-electron chi connectivity index (χ1n) is 13.8. The molecule has 2 unspecified atom stereocenters. The van der Waals surface area contributed by atoms with E-state index in [1.165, 1.54) is 15.6 Å². The number of carbonyl (C=O) groups excluding carboxylic acids is 2. The number of nitrogens with zero attached hydrogens (tertiary/aromatic N) is 4. The summed E-state index contributed by atoms with van der Waals surface area (Å²) >= 11 is 7.48. The second-order valence-electron chi connectivity index (χ2n) is 10.7. The summed E-state index contributed by atoms with van der Waals surface area (Å²) in [6, 6.07) is 9.93. The number of aromatic nitrogens is 1. The van der Waals surface area contributed by atoms with Crippen LogP contribution in [0.1, 0.15) is 33.7 Å². The zero-order valence-electron chi connectivity index (χ0n) is 22.7. The Hall–Kier alpha value is -2.61. The van der Waals surface area contributed by atoms with Crippen LogP contribution < -0.4 is 5.32 Å². The van der Waals surface area contributed by atoms with Gasteiger partial charge >= 0.3 is 0 Å². The van der Waals surface area contributed by atoms with Crippen LogP contribution in [-0.2, 0) is 32.5 Å². The highest BCUT2D eigenvalue weighted by Gasteiger charge is 2.39. The molecular weight excluding hydrogens is 586 g/mol. The maximum atomic E-state index is 13.8. The summed E-state index contributed by atoms with van der Waals surface area (Å²) in [5.74, 6) is -0.370. The number of fused-ring (bicyclic) bond motifs is 2. The molecule has 1 aromatic heterocycles. The summed E-state index contributed by atoms with van der Waals surface area (Å²) < 4.78 is 34.4. The molecule has 2 aromatic carbocycles. The molecule has 3 aliphatic rings. The maximum Gasteiger partial charge on any atom is 0.283 e. The van der Waals surface area contributed by atoms with E-state index in [4.69, 9.17) is 16.3 Å². The number of piperazine rings is 1. The second kappa shape index (κ2) is 11.6. The van der Waals surface area contributed by atoms with Gasteiger partial charge in [-0.2, -0.15) is 4.31 Å². The first kappa shape index (κ1) is 28.5. The third-order valence-electron chi connectivity index (χ3n) is 7.96. The Kier molecular flexibility index (Phi) is 8.05. The molecule has 0 bridgehead atoms. The minimum atomic E-state index is -3.88. The van der Waals surface area contributed by atoms with E-state index in [-0.39, 0.29) is 48.8 Å². The maximum absolute atomic E-state index is 13.8. The number of hydrogen-bond donors (Lipinski definition) is 1. The van der Waals surface area contributed by atoms with E-state index in [1.807, 2.05) is 0 Å². The highest BCUT2D eigenvalue weighted by atomic mass is 35.5. The Morgan fingerprint density at radius 2 is 1.85 bits per heavy atom. The summed E-state index contributed by atoms with van der Waals surface area (Å²) in [7, 11) is -3.88. The van der Waals surface area contributed by atoms with Crippen LogP contribution in [0, 0.1) is 0 Å². The first-order valence-corrected chi connectivity index (χ1v) is 16.4. The average Bonchev–Trinajstić information content (AvgIpc) is 3.40. The smallest absolute Gasteiger partial charge is 0.283 e. The molecule has 6 rings (SSSR count). The van der Waals surface area contributed by atoms with E-state index >= 15 is 0 Å². The molecule has 2 atom stereocenters. The number of rotatable bonds is 5. The molecule has 0 saturated carbocycles. The highest BCUT2D eigenvalue weighted by molar-refractivity contribution is 7.89. The van der Waals surface area contributed by atoms with Gasteiger partial charge in [0.1, 0.15) is 0 Å². The van der Waals surface area contributed by atoms with Gasteiger partial charge < -0.3 is 19.9 Å². The number of thiazole rings is 1. The zero-order chi connectivity index (χ0) is 28.7. The topological polar surface area (TPSA) is 112 Å². The van der Waals surface area contributed by atoms with Crippen molar-refractivity contribution in [2.45, 2.75) is 43.3 Å². The molecule has 0 radical (unpaired) electrons. The third-order valence-corrected chi connectivity index (χ3v) is 11.1. The van der Waals surface area contributed by atoms with E-state index < -0.39 is 16.1 Å². The molecule has 1 N–H and O–H groups in total. The number of sulfonamides is 1. The fraction of sp³-hybridized carbons (Fsp3) is 0.464. The van der Waals surface area contributed by atoms with E-state index in [1.54, 1.807) is 46.2 Å². The molecular formula is C28H32ClN5O5S2. The Morgan fingerprint density at radius 3 is 2.66 bits per heavy atom. The number of morpholine rings is 1. The van der Waals surface area contributed by atoms with Crippen molar-refractivity contribution in [2.24, 2.45) is 0 Å². The van der Waals surface area contributed by atoms with E-state index in [0.29, 0.717) is 42.9 Å². The number of nitrogens with one attached hydrogen (secondary N) is 1. The van der Waals surface area contributed by atoms with Crippen LogP contribution in [0.3, 0.4) is 0 Å². The molecule has 2 amide bonds. The number of carbonyl (C=O) groups is 2. The Bertz CT molecular complexity index is 1590. The van der Waals surface area contributed by atoms with E-state index in [9.17, 15) is 18.0 Å². The number of halogens is 1. The van der Waals surface area contributed by atoms with E-state index in [0.717, 1.165) is 27.8 Å². The summed E-state index contributed by atoms with van der Waals surface area (Å²) in [5, 5.41) is 5.97. The Morgan fingerprint density at radius 1 is 1.10 bits per heavy atom. The van der Waals surface area contributed by atoms with Crippen LogP contribution in [0.4, 0.5) is 0 Å². The van der Waals surface area contributed by atoms with Crippen LogP contribution in [0.25, 0.3) is 10.8 Å². The van der Waals surface area contributed by atoms with Crippen molar-refractivity contribution < 1.29 is 22.7 Å². The van der Waals surface area contributed by atoms with Gasteiger partial charge in [0.2, 0.25) is 15.9 Å². The lowest BCUT2D eigenvalue weighted by molar-refractivity contribution is -0.136. The Labute approximate surface area is 248 Å². The van der Waals surface area contributed by atoms with Gasteiger partial charge in [-0.15, -0.1) is 11.3 Å². The Balaban J connectivity index is 1.27. The van der Waals surface area contributed by atoms with Crippen LogP contribution in [0.5, 0.6) is 0 Å². The number of ether oxygens (including phenoxy) is 1. The predicted molar refractivity (Wildman–Crippen MR) is 157 cm³/mol. The normalized spacial score (nSPS) is 22.1. The molecule has 2 saturated heterocycles. The summed E-state index contributed by atoms with van der Waals surface area (Å²) in [6.07, 6.45) is 0.777. The SMILES string of the molecule is CC1Cc2nc(C(=O)N3CCN(S(=O)(=O)c4ccc5cc(Cl)ccc5c4)CC3CC(=O)N3CCOCC3)sc2CN1. The third kappa shape index (κ3) is 5.86. The predicted octanol–water partition coefficient (Wildman–Crippen LogP) is 2.75. The fourth-order valence-corrected chi connectivity index (χ4v) is 8.34. The molecule has 3 aromatic rings. The van der Waals surface area contributed by atoms with Crippen molar-refractivity contribution in [3.8, 4) is 0 Å². The van der Waals surface area contributed by atoms with Crippen LogP contribution in [0.2, 0.25) is 5.02 Å². The van der Waals surface area contributed by atoms with Crippen molar-refractivity contribution in [1.82, 2.24) is 24.4 Å². The number of benzene rings is 2. The van der Waals surface area contributed by atoms with Gasteiger partial charge in [0, 0.05) is 68.1 Å². The monoisotopic (exact) mass is 617 g/mol. The summed E-state index contributed by atoms with van der Waals surface area (Å²) in [6.45, 7) is 4.95. The van der Waals surface area contributed by atoms with Crippen molar-refractivity contribution in [2.75, 3.05) is 45.9 Å². The van der Waals surface area contributed by atoms with Crippen LogP contribution in [-0.4, -0.2) is 97.3 Å². The molecule has 0 aliphatic carbocycles. The van der Waals surface area contributed by atoms with Crippen molar-refractivity contribution in [3.63, 3.8) is 0 Å². The molecule has 41 heavy (non-hydrogen) atoms. The lowest BCUT2D eigenvalue weighted by Gasteiger charge is -2.41. The molecule has 0 spiro atoms. The van der Waals surface area contributed by atoms with Gasteiger partial charge in [-0.25, -0.2) is 13.4 Å². The van der Waals surface area contributed by atoms with Gasteiger partial charge in [-0.3, -0.25) is 9.59 Å². The first-order chi connectivity index (χ1) is 19.7. The minimum absolute atomic E-state index is 0.0203. The molecule has 4 heterocycles. The summed E-state index contributed by atoms with van der Waals surface area (Å²) in [5.41, 5.74) is 0.935. The quantitative estimate of drug-likeness (QED) is 0.469. The lowest BCUT2D eigenvalue weighted by Crippen LogP contribution is -2.58. The molecule has 2 fully saturated rings. The molecule has 10 nitrogen and oxygen atoms in total. The lowest BCUT2D eigenvalue weighted by atomic mass is 10.1. The van der Waals surface area contributed by atoms with Gasteiger partial charge in [-0.05, 0) is 42.0 Å². The van der Waals surface area contributed by atoms with Crippen LogP contribution >= 0.6 is 22.9 Å². The van der Waals surface area contributed by atoms with Gasteiger partial charge in [-0.1, -0.05) is 23.7 Å². The zero-order valence-corrected chi connectivity index (χ0v) is 25.1. The van der Waals surface area contributed by atoms with Gasteiger partial charge in [0.05, 0.1) is 29.8 Å². The molecule has 3 aliphatic heterocycles. The highest BCUT2D eigenvalue weighted by Crippen LogP contribution is 2.29. The van der Waals surface area contributed by atoms with Crippen molar-refractivity contribution >= 4 is 55.5 Å². The summed E-state index contributed by atoms with van der Waals surface area (Å²) in [4.78, 5) is 36.3. The van der Waals surface area contributed by atoms with Crippen molar-refractivity contribution in [3.05, 3.63) is 57.0 Å². The van der Waals surface area contributed by atoms with Crippen molar-refractivity contribution in [1.29, 1.82) is 0 Å². The largest absolute Gasteiger partial charge is 0.378 e. The molecule has 13 heteroatoms. The second-order valence-corrected chi connectivity index (χ2v) is 14.2. The standard InChI is InChI=1S/C28H32ClN5O5S2/c1-18-12-24-25(16-30-18)40-27(31-24)28(36)34-7-6-33(17-22(34)15-26(35)32-8-10-39-11-9-32)41(37,38)23-5-3-19-13-21(29)4-2-20(19)14-23/h2-5,13-14,18,22,30H,6-12,15-17H2,1H3. The number of hydrogen-bond acceptors (Lipinski definition) is 8. The van der Waals surface area contributed by atoms with Gasteiger partial charge in [0.25, 0.3) is 5.91 Å². The number of amides is 2. The van der Waals surface area contributed by atoms with Crippen LogP contribution in [0.15, 0.2) is 41.3 Å². The molecule has 218 valence electrons. The van der Waals surface area contributed by atoms with Gasteiger partial charge in [0.15, 0.2) is 5.01 Å². The minimum Gasteiger partial charge on any atom is -0.378 e. The average molecular weight is 618 g/mol.